The van der Waals surface area contributed by atoms with Gasteiger partial charge in [0.2, 0.25) is 0 Å². The van der Waals surface area contributed by atoms with Crippen LogP contribution in [-0.2, 0) is 0 Å². The Morgan fingerprint density at radius 2 is 0.525 bits per heavy atom. The monoisotopic (exact) mass is 1290 g/mol. The van der Waals surface area contributed by atoms with Gasteiger partial charge in [-0.3, -0.25) is 0 Å². The molecule has 0 atom stereocenters. The molecule has 18 rings (SSSR count). The van der Waals surface area contributed by atoms with Crippen molar-refractivity contribution in [1.82, 2.24) is 29.1 Å². The van der Waals surface area contributed by atoms with Crippen LogP contribution in [0.2, 0.25) is 0 Å². The molecule has 4 heterocycles. The molecule has 8 heteroatoms. The zero-order chi connectivity index (χ0) is 67.2. The normalized spacial score (nSPS) is 11.4. The largest absolute Gasteiger partial charge is 0.310 e. The summed E-state index contributed by atoms with van der Waals surface area (Å²) in [6, 6.07) is 131. The number of aromatic nitrogens is 6. The Labute approximate surface area is 586 Å². The third-order valence-corrected chi connectivity index (χ3v) is 19.2. The zero-order valence-corrected chi connectivity index (χ0v) is 55.3. The first kappa shape index (κ1) is 59.9. The summed E-state index contributed by atoms with van der Waals surface area (Å²) in [4.78, 5) is 25.6. The van der Waals surface area contributed by atoms with Crippen LogP contribution in [0.3, 0.4) is 0 Å². The molecule has 8 nitrogen and oxygen atoms in total. The number of benzene rings is 14. The predicted octanol–water partition coefficient (Wildman–Crippen LogP) is 24.4. The van der Waals surface area contributed by atoms with Gasteiger partial charge in [-0.1, -0.05) is 236 Å². The third-order valence-electron chi connectivity index (χ3n) is 19.2. The molecule has 0 aliphatic heterocycles. The molecule has 0 bridgehead atoms. The number of rotatable bonds is 15. The Bertz CT molecular complexity index is 5960. The molecular formula is C93H64N8. The van der Waals surface area contributed by atoms with Crippen molar-refractivity contribution in [2.45, 2.75) is 6.92 Å². The van der Waals surface area contributed by atoms with Gasteiger partial charge in [-0.05, 0) is 158 Å². The first-order valence-electron chi connectivity index (χ1n) is 34.2. The predicted molar refractivity (Wildman–Crippen MR) is 418 cm³/mol. The lowest BCUT2D eigenvalue weighted by molar-refractivity contribution is 1.17. The van der Waals surface area contributed by atoms with Crippen LogP contribution in [0.4, 0.5) is 34.1 Å². The van der Waals surface area contributed by atoms with Gasteiger partial charge in [-0.2, -0.15) is 0 Å². The molecule has 0 aliphatic carbocycles. The minimum absolute atomic E-state index is 0.645. The maximum absolute atomic E-state index is 5.41. The summed E-state index contributed by atoms with van der Waals surface area (Å²) in [5, 5.41) is 4.69. The lowest BCUT2D eigenvalue weighted by Crippen LogP contribution is -2.10. The van der Waals surface area contributed by atoms with Crippen LogP contribution in [0.25, 0.3) is 134 Å². The quantitative estimate of drug-likeness (QED) is 0.102. The van der Waals surface area contributed by atoms with E-state index in [2.05, 4.69) is 366 Å². The molecular weight excluding hydrogens is 1230 g/mol. The van der Waals surface area contributed by atoms with Gasteiger partial charge >= 0.3 is 0 Å². The fraction of sp³-hybridized carbons (Fsp3) is 0.0108. The average molecular weight is 1290 g/mol. The molecule has 0 unspecified atom stereocenters. The lowest BCUT2D eigenvalue weighted by Gasteiger charge is -2.26. The van der Waals surface area contributed by atoms with Crippen molar-refractivity contribution >= 4 is 77.7 Å². The first-order valence-corrected chi connectivity index (χ1v) is 34.2. The van der Waals surface area contributed by atoms with Crippen molar-refractivity contribution in [1.29, 1.82) is 0 Å². The molecule has 0 fully saturated rings. The Morgan fingerprint density at radius 3 is 1.00 bits per heavy atom. The number of hydrogen-bond donors (Lipinski definition) is 0. The zero-order valence-electron chi connectivity index (χ0n) is 55.3. The van der Waals surface area contributed by atoms with E-state index in [9.17, 15) is 0 Å². The number of anilines is 6. The van der Waals surface area contributed by atoms with E-state index in [-0.39, 0.29) is 0 Å². The van der Waals surface area contributed by atoms with E-state index in [1.165, 1.54) is 21.7 Å². The van der Waals surface area contributed by atoms with Crippen LogP contribution in [0.1, 0.15) is 5.56 Å². The van der Waals surface area contributed by atoms with Crippen molar-refractivity contribution in [3.05, 3.63) is 376 Å². The second-order valence-electron chi connectivity index (χ2n) is 25.5. The van der Waals surface area contributed by atoms with Crippen molar-refractivity contribution in [3.63, 3.8) is 0 Å². The number of para-hydroxylation sites is 4. The lowest BCUT2D eigenvalue weighted by atomic mass is 10.0. The highest BCUT2D eigenvalue weighted by Crippen LogP contribution is 2.44. The molecule has 0 amide bonds. The highest BCUT2D eigenvalue weighted by molar-refractivity contribution is 6.12. The van der Waals surface area contributed by atoms with Gasteiger partial charge in [-0.15, -0.1) is 0 Å². The van der Waals surface area contributed by atoms with E-state index in [1.54, 1.807) is 0 Å². The first-order chi connectivity index (χ1) is 50.0. The maximum atomic E-state index is 5.41. The summed E-state index contributed by atoms with van der Waals surface area (Å²) in [5.41, 5.74) is 25.7. The SMILES string of the molecule is Cc1ccc(N(c2cccc(-c3cccc(-c4nc(-c5ccccc5)cc(-c5ccc(-n6c7ccccc7c7cc(N(c8ccccc8)c8ccccc8)ccc76)cc5)n4)c3)c2)c2ccc3c(c2)c2ccccc2n3-c2ccc(-c3cc(-c4ccccc4)nc(-c4ccccc4)n3)cc2)cc1. The molecule has 0 aliphatic rings. The summed E-state index contributed by atoms with van der Waals surface area (Å²) >= 11 is 0. The van der Waals surface area contributed by atoms with Crippen LogP contribution < -0.4 is 9.80 Å². The standard InChI is InChI=1S/C93H64N8/c1-63-41-47-74(48-42-63)99(79-54-56-91-83(60-79)81-38-18-20-40-89(81)101(91)75-49-43-66(44-50-75)86-61-84(64-23-7-2-8-24-64)94-92(95-86)68-27-11-4-12-28-68)77-36-22-30-70(58-77)69-29-21-31-71(57-69)93-96-85(65-25-9-3-10-26-65)62-87(97-93)67-45-51-76(52-46-67)100-88-39-19-17-37-80(88)82-59-78(53-55-90(82)100)98(72-32-13-5-14-33-72)73-34-15-6-16-35-73/h2-62H,1H3. The van der Waals surface area contributed by atoms with E-state index in [1.807, 2.05) is 30.3 Å². The van der Waals surface area contributed by atoms with E-state index in [0.29, 0.717) is 11.6 Å². The van der Waals surface area contributed by atoms with Crippen LogP contribution in [0.5, 0.6) is 0 Å². The van der Waals surface area contributed by atoms with Crippen LogP contribution >= 0.6 is 0 Å². The summed E-state index contributed by atoms with van der Waals surface area (Å²) in [5.74, 6) is 1.34. The van der Waals surface area contributed by atoms with Gasteiger partial charge in [0.25, 0.3) is 0 Å². The molecule has 0 radical (unpaired) electrons. The molecule has 0 N–H and O–H groups in total. The number of fused-ring (bicyclic) bond motifs is 6. The second-order valence-corrected chi connectivity index (χ2v) is 25.5. The van der Waals surface area contributed by atoms with Gasteiger partial charge in [-0.25, -0.2) is 19.9 Å². The Kier molecular flexibility index (Phi) is 15.3. The third kappa shape index (κ3) is 11.4. The van der Waals surface area contributed by atoms with Crippen molar-refractivity contribution in [3.8, 4) is 90.3 Å². The Balaban J connectivity index is 0.679. The van der Waals surface area contributed by atoms with Crippen LogP contribution in [0.15, 0.2) is 370 Å². The topological polar surface area (TPSA) is 67.9 Å². The van der Waals surface area contributed by atoms with Crippen molar-refractivity contribution < 1.29 is 0 Å². The maximum Gasteiger partial charge on any atom is 0.160 e. The summed E-state index contributed by atoms with van der Waals surface area (Å²) in [6.45, 7) is 2.14. The number of nitrogens with zero attached hydrogens (tertiary/aromatic N) is 8. The minimum Gasteiger partial charge on any atom is -0.310 e. The molecule has 476 valence electrons. The van der Waals surface area contributed by atoms with E-state index >= 15 is 0 Å². The number of aryl methyl sites for hydroxylation is 1. The molecule has 18 aromatic rings. The van der Waals surface area contributed by atoms with Crippen molar-refractivity contribution in [2.75, 3.05) is 9.80 Å². The van der Waals surface area contributed by atoms with Crippen LogP contribution in [0, 0.1) is 6.92 Å². The van der Waals surface area contributed by atoms with Gasteiger partial charge in [0.05, 0.1) is 44.8 Å². The van der Waals surface area contributed by atoms with Gasteiger partial charge in [0.15, 0.2) is 11.6 Å². The summed E-state index contributed by atoms with van der Waals surface area (Å²) < 4.78 is 4.75. The summed E-state index contributed by atoms with van der Waals surface area (Å²) in [7, 11) is 0. The van der Waals surface area contributed by atoms with Gasteiger partial charge < -0.3 is 18.9 Å². The Morgan fingerprint density at radius 1 is 0.208 bits per heavy atom. The smallest absolute Gasteiger partial charge is 0.160 e. The number of hydrogen-bond acceptors (Lipinski definition) is 6. The van der Waals surface area contributed by atoms with E-state index in [0.717, 1.165) is 140 Å². The molecule has 0 saturated heterocycles. The van der Waals surface area contributed by atoms with Crippen LogP contribution in [-0.4, -0.2) is 29.1 Å². The van der Waals surface area contributed by atoms with E-state index in [4.69, 9.17) is 19.9 Å². The fourth-order valence-corrected chi connectivity index (χ4v) is 14.3. The fourth-order valence-electron chi connectivity index (χ4n) is 14.3. The average Bonchev–Trinajstić information content (AvgIpc) is 1.59. The minimum atomic E-state index is 0.645. The van der Waals surface area contributed by atoms with Crippen molar-refractivity contribution in [2.24, 2.45) is 0 Å². The van der Waals surface area contributed by atoms with E-state index < -0.39 is 0 Å². The van der Waals surface area contributed by atoms with Gasteiger partial charge in [0, 0.05) is 100 Å². The summed E-state index contributed by atoms with van der Waals surface area (Å²) in [6.07, 6.45) is 0. The molecule has 14 aromatic carbocycles. The molecule has 0 spiro atoms. The highest BCUT2D eigenvalue weighted by Gasteiger charge is 2.22. The molecule has 101 heavy (non-hydrogen) atoms. The molecule has 4 aromatic heterocycles. The van der Waals surface area contributed by atoms with Gasteiger partial charge in [0.1, 0.15) is 0 Å². The Hall–Kier alpha value is -13.6. The second kappa shape index (κ2) is 25.8. The molecule has 0 saturated carbocycles. The highest BCUT2D eigenvalue weighted by atomic mass is 15.1.